The van der Waals surface area contributed by atoms with Crippen molar-refractivity contribution in [3.8, 4) is 23.7 Å². The Labute approximate surface area is 277 Å². The molecule has 0 saturated heterocycles. The summed E-state index contributed by atoms with van der Waals surface area (Å²) >= 11 is 15.2. The molecule has 170 valence electrons. The van der Waals surface area contributed by atoms with Gasteiger partial charge in [-0.3, -0.25) is 0 Å². The van der Waals surface area contributed by atoms with Gasteiger partial charge in [-0.25, -0.2) is 9.13 Å². The van der Waals surface area contributed by atoms with Crippen LogP contribution in [0.25, 0.3) is 0 Å². The molecule has 2 heterocycles. The summed E-state index contributed by atoms with van der Waals surface area (Å²) < 4.78 is 6.33. The minimum absolute atomic E-state index is 0.530. The first-order chi connectivity index (χ1) is 15.3. The van der Waals surface area contributed by atoms with E-state index < -0.39 is 0 Å². The van der Waals surface area contributed by atoms with Gasteiger partial charge in [-0.2, -0.15) is 0 Å². The van der Waals surface area contributed by atoms with Crippen LogP contribution in [0.1, 0.15) is 22.3 Å². The number of aromatic nitrogens is 2. The molecule has 2 aromatic heterocycles. The van der Waals surface area contributed by atoms with E-state index in [2.05, 4.69) is 156 Å². The zero-order valence-corrected chi connectivity index (χ0v) is 34.0. The topological polar surface area (TPSA) is 7.76 Å². The maximum absolute atomic E-state index is 3.25. The number of benzene rings is 1. The Balaban J connectivity index is 0.000000769. The second kappa shape index (κ2) is 19.6. The molecule has 0 atom stereocenters. The predicted molar refractivity (Wildman–Crippen MR) is 175 cm³/mol. The van der Waals surface area contributed by atoms with E-state index in [9.17, 15) is 0 Å². The van der Waals surface area contributed by atoms with Crippen molar-refractivity contribution in [1.82, 2.24) is 0 Å². The van der Waals surface area contributed by atoms with Crippen LogP contribution in [0.3, 0.4) is 0 Å². The van der Waals surface area contributed by atoms with Crippen LogP contribution < -0.4 is 35.6 Å². The van der Waals surface area contributed by atoms with Crippen LogP contribution in [0, 0.1) is 30.8 Å². The van der Waals surface area contributed by atoms with E-state index in [0.717, 1.165) is 29.4 Å². The molecule has 0 aliphatic rings. The van der Waals surface area contributed by atoms with Crippen LogP contribution in [0.15, 0.2) is 61.2 Å². The average molecular weight is 1320 g/mol. The molecule has 0 amide bonds. The van der Waals surface area contributed by atoms with E-state index in [1.165, 1.54) is 0 Å². The summed E-state index contributed by atoms with van der Waals surface area (Å²) in [5.41, 5.74) is 4.00. The van der Waals surface area contributed by atoms with E-state index in [4.69, 9.17) is 0 Å². The van der Waals surface area contributed by atoms with Gasteiger partial charge in [0.2, 0.25) is 0 Å². The van der Waals surface area contributed by atoms with Gasteiger partial charge in [0, 0.05) is 23.3 Å². The normalized spacial score (nSPS) is 9.25. The van der Waals surface area contributed by atoms with Crippen LogP contribution >= 0.6 is 120 Å². The minimum atomic E-state index is 0.530. The van der Waals surface area contributed by atoms with E-state index >= 15 is 0 Å². The first-order valence-electron chi connectivity index (χ1n) is 8.52. The van der Waals surface area contributed by atoms with Crippen molar-refractivity contribution in [3.05, 3.63) is 90.6 Å². The molecule has 0 bridgehead atoms. The number of aryl methyl sites for hydroxylation is 2. The second-order valence-corrected chi connectivity index (χ2v) is 40.7. The van der Waals surface area contributed by atoms with E-state index in [0.29, 0.717) is 26.5 Å². The number of nitrogens with zero attached hydrogens (tertiary/aromatic N) is 2. The Kier molecular flexibility index (Phi) is 19.9. The molecular formula is C22H16I8N2. The third kappa shape index (κ3) is 13.7. The van der Waals surface area contributed by atoms with Gasteiger partial charge in [-0.1, -0.05) is 29.7 Å². The van der Waals surface area contributed by atoms with Gasteiger partial charge in [0.15, 0.2) is 24.8 Å². The Morgan fingerprint density at radius 2 is 1.03 bits per heavy atom. The molecule has 3 aromatic rings. The first-order valence-corrected chi connectivity index (χ1v) is 35.8. The molecule has 2 nitrogen and oxygen atoms in total. The van der Waals surface area contributed by atoms with Crippen LogP contribution in [0.2, 0.25) is 0 Å². The summed E-state index contributed by atoms with van der Waals surface area (Å²) in [6, 6.07) is 12.1. The van der Waals surface area contributed by atoms with Crippen LogP contribution in [0.5, 0.6) is 0 Å². The average Bonchev–Trinajstić information content (AvgIpc) is 2.74. The molecule has 1 aromatic carbocycles. The van der Waals surface area contributed by atoms with Gasteiger partial charge in [-0.15, -0.1) is 0 Å². The van der Waals surface area contributed by atoms with Gasteiger partial charge >= 0.3 is 101 Å². The monoisotopic (exact) mass is 1320 g/mol. The van der Waals surface area contributed by atoms with E-state index in [-0.39, 0.29) is 0 Å². The zero-order chi connectivity index (χ0) is 23.9. The zero-order valence-electron chi connectivity index (χ0n) is 16.7. The summed E-state index contributed by atoms with van der Waals surface area (Å²) in [7, 11) is 4.02. The fraction of sp³-hybridized carbons (Fsp3) is 0.0909. The number of hydrogen-bond acceptors (Lipinski definition) is 0. The molecule has 32 heavy (non-hydrogen) atoms. The van der Waals surface area contributed by atoms with Crippen LogP contribution in [0.4, 0.5) is 0 Å². The molecule has 0 N–H and O–H groups in total. The standard InChI is InChI=1S/C22H16I2N2.2I3/c1-25-12-10-19(21(23)15-25)8-6-17-4-3-5-18(14-17)7-9-20-11-13-26(2)16-22(20)24;2*1-3-2/h3-5,10-16H,1-2H3;;/q+2;2*-1. The number of halogens is 8. The van der Waals surface area contributed by atoms with Crippen molar-refractivity contribution in [2.45, 2.75) is 0 Å². The van der Waals surface area contributed by atoms with Gasteiger partial charge in [-0.05, 0) is 63.4 Å². The van der Waals surface area contributed by atoms with Gasteiger partial charge in [0.25, 0.3) is 0 Å². The summed E-state index contributed by atoms with van der Waals surface area (Å²) in [6.07, 6.45) is 8.15. The SMILES string of the molecule is C[n+]1ccc(C#Cc2cccc(C#Cc3cc[n+](C)cc3I)c2)c(I)c1.I[I-]I.I[I-]I. The fourth-order valence-electron chi connectivity index (χ4n) is 2.28. The Morgan fingerprint density at radius 3 is 1.38 bits per heavy atom. The summed E-state index contributed by atoms with van der Waals surface area (Å²) in [6.45, 7) is 0. The number of rotatable bonds is 0. The van der Waals surface area contributed by atoms with Gasteiger partial charge in [0.05, 0.1) is 18.3 Å². The molecule has 0 aliphatic heterocycles. The van der Waals surface area contributed by atoms with Gasteiger partial charge < -0.3 is 0 Å². The van der Waals surface area contributed by atoms with Gasteiger partial charge in [0.1, 0.15) is 14.1 Å². The molecule has 0 spiro atoms. The summed E-state index contributed by atoms with van der Waals surface area (Å²) in [4.78, 5) is 0. The molecular weight excluding hydrogens is 1310 g/mol. The Hall–Kier alpha value is 2.48. The van der Waals surface area contributed by atoms with Crippen LogP contribution in [-0.2, 0) is 14.1 Å². The Bertz CT molecular complexity index is 1060. The van der Waals surface area contributed by atoms with Crippen molar-refractivity contribution in [3.63, 3.8) is 0 Å². The van der Waals surface area contributed by atoms with Crippen molar-refractivity contribution in [2.24, 2.45) is 14.1 Å². The van der Waals surface area contributed by atoms with Crippen molar-refractivity contribution in [1.29, 1.82) is 0 Å². The Morgan fingerprint density at radius 1 is 0.656 bits per heavy atom. The molecule has 0 aliphatic carbocycles. The number of hydrogen-bond donors (Lipinski definition) is 0. The number of pyridine rings is 2. The summed E-state index contributed by atoms with van der Waals surface area (Å²) in [5, 5.41) is 0. The predicted octanol–water partition coefficient (Wildman–Crippen LogP) is 0.895. The molecule has 3 rings (SSSR count). The second-order valence-electron chi connectivity index (χ2n) is 5.93. The summed E-state index contributed by atoms with van der Waals surface area (Å²) in [5.74, 6) is 13.0. The fourth-order valence-corrected chi connectivity index (χ4v) is 3.79. The molecule has 0 unspecified atom stereocenters. The van der Waals surface area contributed by atoms with E-state index in [1.54, 1.807) is 0 Å². The molecule has 10 heteroatoms. The van der Waals surface area contributed by atoms with E-state index in [1.807, 2.05) is 72.0 Å². The first kappa shape index (κ1) is 32.5. The van der Waals surface area contributed by atoms with Crippen molar-refractivity contribution < 1.29 is 35.6 Å². The quantitative estimate of drug-likeness (QED) is 0.180. The maximum atomic E-state index is 3.25. The third-order valence-electron chi connectivity index (χ3n) is 3.65. The molecule has 0 radical (unpaired) electrons. The van der Waals surface area contributed by atoms with Crippen LogP contribution in [-0.4, -0.2) is 0 Å². The molecule has 0 fully saturated rings. The van der Waals surface area contributed by atoms with Crippen molar-refractivity contribution >= 4 is 120 Å². The third-order valence-corrected chi connectivity index (χ3v) is 5.37. The molecule has 0 saturated carbocycles. The van der Waals surface area contributed by atoms with Crippen molar-refractivity contribution in [2.75, 3.05) is 0 Å².